The highest BCUT2D eigenvalue weighted by Crippen LogP contribution is 2.21. The van der Waals surface area contributed by atoms with Crippen LogP contribution in [0.1, 0.15) is 49.5 Å². The summed E-state index contributed by atoms with van der Waals surface area (Å²) in [6.45, 7) is 7.83. The average molecular weight is 278 g/mol. The minimum Gasteiger partial charge on any atom is -0.350 e. The maximum atomic E-state index is 12.2. The molecule has 1 N–H and O–H groups in total. The molecular formula is C15H22N2O3. The molecule has 0 saturated heterocycles. The van der Waals surface area contributed by atoms with Gasteiger partial charge in [-0.25, -0.2) is 0 Å². The molecule has 0 heterocycles. The van der Waals surface area contributed by atoms with Crippen LogP contribution >= 0.6 is 0 Å². The number of rotatable bonds is 6. The van der Waals surface area contributed by atoms with Crippen molar-refractivity contribution in [1.29, 1.82) is 0 Å². The van der Waals surface area contributed by atoms with Crippen LogP contribution in [0.4, 0.5) is 5.69 Å². The minimum absolute atomic E-state index is 0.0208. The van der Waals surface area contributed by atoms with E-state index in [9.17, 15) is 14.9 Å². The largest absolute Gasteiger partial charge is 0.350 e. The van der Waals surface area contributed by atoms with Crippen molar-refractivity contribution in [3.63, 3.8) is 0 Å². The number of amides is 1. The van der Waals surface area contributed by atoms with E-state index in [1.54, 1.807) is 19.1 Å². The van der Waals surface area contributed by atoms with Crippen molar-refractivity contribution in [3.05, 3.63) is 39.4 Å². The average Bonchev–Trinajstić information content (AvgIpc) is 2.36. The Balaban J connectivity index is 2.78. The van der Waals surface area contributed by atoms with Crippen LogP contribution in [0, 0.1) is 23.0 Å². The maximum absolute atomic E-state index is 12.2. The summed E-state index contributed by atoms with van der Waals surface area (Å²) in [4.78, 5) is 22.6. The van der Waals surface area contributed by atoms with Crippen molar-refractivity contribution in [2.24, 2.45) is 5.92 Å². The highest BCUT2D eigenvalue weighted by atomic mass is 16.6. The van der Waals surface area contributed by atoms with Gasteiger partial charge in [0.05, 0.1) is 4.92 Å². The molecule has 110 valence electrons. The first kappa shape index (κ1) is 16.1. The van der Waals surface area contributed by atoms with Gasteiger partial charge in [0.1, 0.15) is 0 Å². The normalized spacial score (nSPS) is 12.2. The zero-order valence-electron chi connectivity index (χ0n) is 12.5. The predicted octanol–water partition coefficient (Wildman–Crippen LogP) is 3.46. The van der Waals surface area contributed by atoms with Crippen LogP contribution in [0.5, 0.6) is 0 Å². The van der Waals surface area contributed by atoms with Crippen LogP contribution < -0.4 is 5.32 Å². The molecule has 0 radical (unpaired) electrons. The number of nitro benzene ring substituents is 1. The Bertz CT molecular complexity index is 498. The van der Waals surface area contributed by atoms with Crippen molar-refractivity contribution in [3.8, 4) is 0 Å². The highest BCUT2D eigenvalue weighted by Gasteiger charge is 2.18. The van der Waals surface area contributed by atoms with Crippen LogP contribution in [-0.2, 0) is 0 Å². The molecule has 1 aromatic rings. The first-order valence-corrected chi connectivity index (χ1v) is 6.87. The Hall–Kier alpha value is -1.91. The molecule has 0 aromatic heterocycles. The van der Waals surface area contributed by atoms with Crippen LogP contribution in [0.2, 0.25) is 0 Å². The minimum atomic E-state index is -0.464. The summed E-state index contributed by atoms with van der Waals surface area (Å²) in [6, 6.07) is 4.63. The lowest BCUT2D eigenvalue weighted by Crippen LogP contribution is -2.33. The van der Waals surface area contributed by atoms with Gasteiger partial charge in [0.2, 0.25) is 0 Å². The summed E-state index contributed by atoms with van der Waals surface area (Å²) in [5.74, 6) is 0.344. The quantitative estimate of drug-likeness (QED) is 0.639. The molecule has 0 aliphatic carbocycles. The standard InChI is InChI=1S/C15H22N2O3/c1-10(2)8-9-11(3)16-15(18)13-6-5-7-14(12(13)4)17(19)20/h5-7,10-11H,8-9H2,1-4H3,(H,16,18). The SMILES string of the molecule is Cc1c(C(=O)NC(C)CCC(C)C)cccc1[N+](=O)[O-]. The van der Waals surface area contributed by atoms with E-state index in [1.807, 2.05) is 6.92 Å². The molecule has 1 aromatic carbocycles. The summed E-state index contributed by atoms with van der Waals surface area (Å²) in [5.41, 5.74) is 0.758. The Labute approximate surface area is 119 Å². The number of hydrogen-bond donors (Lipinski definition) is 1. The fourth-order valence-electron chi connectivity index (χ4n) is 2.02. The summed E-state index contributed by atoms with van der Waals surface area (Å²) in [5, 5.41) is 13.8. The molecule has 5 nitrogen and oxygen atoms in total. The number of nitrogens with zero attached hydrogens (tertiary/aromatic N) is 1. The Kier molecular flexibility index (Phi) is 5.67. The topological polar surface area (TPSA) is 72.2 Å². The molecule has 0 fully saturated rings. The first-order chi connectivity index (χ1) is 9.32. The molecule has 1 unspecified atom stereocenters. The zero-order chi connectivity index (χ0) is 15.3. The molecule has 1 rings (SSSR count). The molecule has 0 aliphatic rings. The molecule has 0 saturated carbocycles. The van der Waals surface area contributed by atoms with E-state index in [0.29, 0.717) is 17.0 Å². The fraction of sp³-hybridized carbons (Fsp3) is 0.533. The highest BCUT2D eigenvalue weighted by molar-refractivity contribution is 5.96. The van der Waals surface area contributed by atoms with Gasteiger partial charge in [0.25, 0.3) is 11.6 Å². The third-order valence-corrected chi connectivity index (χ3v) is 3.30. The van der Waals surface area contributed by atoms with Gasteiger partial charge in [0.15, 0.2) is 0 Å². The Morgan fingerprint density at radius 3 is 2.50 bits per heavy atom. The Morgan fingerprint density at radius 2 is 1.95 bits per heavy atom. The lowest BCUT2D eigenvalue weighted by atomic mass is 10.0. The molecular weight excluding hydrogens is 256 g/mol. The van der Waals surface area contributed by atoms with Crippen molar-refractivity contribution in [2.75, 3.05) is 0 Å². The van der Waals surface area contributed by atoms with Crippen molar-refractivity contribution in [2.45, 2.75) is 46.6 Å². The second-order valence-electron chi connectivity index (χ2n) is 5.55. The van der Waals surface area contributed by atoms with Crippen molar-refractivity contribution < 1.29 is 9.72 Å². The summed E-state index contributed by atoms with van der Waals surface area (Å²) in [6.07, 6.45) is 1.94. The molecule has 0 aliphatic heterocycles. The third-order valence-electron chi connectivity index (χ3n) is 3.30. The van der Waals surface area contributed by atoms with Gasteiger partial charge in [-0.1, -0.05) is 19.9 Å². The van der Waals surface area contributed by atoms with Crippen LogP contribution in [0.3, 0.4) is 0 Å². The number of nitro groups is 1. The van der Waals surface area contributed by atoms with E-state index in [1.165, 1.54) is 6.07 Å². The van der Waals surface area contributed by atoms with Crippen LogP contribution in [-0.4, -0.2) is 16.9 Å². The van der Waals surface area contributed by atoms with E-state index in [4.69, 9.17) is 0 Å². The van der Waals surface area contributed by atoms with Gasteiger partial charge in [0, 0.05) is 23.2 Å². The van der Waals surface area contributed by atoms with Crippen LogP contribution in [0.25, 0.3) is 0 Å². The zero-order valence-corrected chi connectivity index (χ0v) is 12.5. The monoisotopic (exact) mass is 278 g/mol. The van der Waals surface area contributed by atoms with Gasteiger partial charge in [-0.15, -0.1) is 0 Å². The number of carbonyl (C=O) groups excluding carboxylic acids is 1. The maximum Gasteiger partial charge on any atom is 0.273 e. The van der Waals surface area contributed by atoms with Crippen molar-refractivity contribution in [1.82, 2.24) is 5.32 Å². The molecule has 20 heavy (non-hydrogen) atoms. The molecule has 1 atom stereocenters. The lowest BCUT2D eigenvalue weighted by Gasteiger charge is -2.16. The summed E-state index contributed by atoms with van der Waals surface area (Å²) >= 11 is 0. The van der Waals surface area contributed by atoms with Gasteiger partial charge < -0.3 is 5.32 Å². The first-order valence-electron chi connectivity index (χ1n) is 6.87. The summed E-state index contributed by atoms with van der Waals surface area (Å²) in [7, 11) is 0. The van der Waals surface area contributed by atoms with Gasteiger partial charge in [-0.2, -0.15) is 0 Å². The van der Waals surface area contributed by atoms with E-state index in [2.05, 4.69) is 19.2 Å². The van der Waals surface area contributed by atoms with E-state index < -0.39 is 4.92 Å². The van der Waals surface area contributed by atoms with Crippen molar-refractivity contribution >= 4 is 11.6 Å². The Morgan fingerprint density at radius 1 is 1.30 bits per heavy atom. The van der Waals surface area contributed by atoms with Gasteiger partial charge in [-0.05, 0) is 38.7 Å². The van der Waals surface area contributed by atoms with Gasteiger partial charge in [-0.3, -0.25) is 14.9 Å². The molecule has 0 spiro atoms. The number of carbonyl (C=O) groups is 1. The number of nitrogens with one attached hydrogen (secondary N) is 1. The second-order valence-corrected chi connectivity index (χ2v) is 5.55. The third kappa shape index (κ3) is 4.33. The molecule has 1 amide bonds. The van der Waals surface area contributed by atoms with Gasteiger partial charge >= 0.3 is 0 Å². The van der Waals surface area contributed by atoms with Crippen LogP contribution in [0.15, 0.2) is 18.2 Å². The lowest BCUT2D eigenvalue weighted by molar-refractivity contribution is -0.385. The molecule has 0 bridgehead atoms. The van der Waals surface area contributed by atoms with E-state index in [0.717, 1.165) is 12.8 Å². The molecule has 5 heteroatoms. The predicted molar refractivity (Wildman–Crippen MR) is 78.8 cm³/mol. The van der Waals surface area contributed by atoms with E-state index >= 15 is 0 Å². The number of hydrogen-bond acceptors (Lipinski definition) is 3. The van der Waals surface area contributed by atoms with E-state index in [-0.39, 0.29) is 17.6 Å². The number of benzene rings is 1. The fourth-order valence-corrected chi connectivity index (χ4v) is 2.02. The second kappa shape index (κ2) is 7.03. The summed E-state index contributed by atoms with van der Waals surface area (Å²) < 4.78 is 0. The smallest absolute Gasteiger partial charge is 0.273 e.